The van der Waals surface area contributed by atoms with E-state index >= 15 is 0 Å². The predicted molar refractivity (Wildman–Crippen MR) is 88.6 cm³/mol. The van der Waals surface area contributed by atoms with Crippen LogP contribution in [-0.4, -0.2) is 36.0 Å². The lowest BCUT2D eigenvalue weighted by atomic mass is 9.82. The number of hydrogen-bond donors (Lipinski definition) is 1. The standard InChI is InChI=1S/C17H23BrN2O/c1-11-15(7-4-8-16(11)18)17(21)19-12-9-13-5-3-6-14(10-12)20(13)2/h4,7-8,12-14H,3,5-6,9-10H2,1-2H3,(H,19,21). The Morgan fingerprint density at radius 2 is 1.95 bits per heavy atom. The molecule has 0 radical (unpaired) electrons. The molecular weight excluding hydrogens is 328 g/mol. The summed E-state index contributed by atoms with van der Waals surface area (Å²) < 4.78 is 0.996. The Morgan fingerprint density at radius 3 is 2.62 bits per heavy atom. The number of benzene rings is 1. The number of nitrogens with zero attached hydrogens (tertiary/aromatic N) is 1. The van der Waals surface area contributed by atoms with Gasteiger partial charge in [-0.3, -0.25) is 4.79 Å². The smallest absolute Gasteiger partial charge is 0.251 e. The quantitative estimate of drug-likeness (QED) is 0.885. The molecule has 0 saturated carbocycles. The Kier molecular flexibility index (Phi) is 4.36. The second kappa shape index (κ2) is 6.09. The van der Waals surface area contributed by atoms with Crippen molar-refractivity contribution in [3.63, 3.8) is 0 Å². The number of carbonyl (C=O) groups is 1. The number of nitrogens with one attached hydrogen (secondary N) is 1. The molecule has 2 saturated heterocycles. The summed E-state index contributed by atoms with van der Waals surface area (Å²) >= 11 is 3.50. The van der Waals surface area contributed by atoms with E-state index in [1.165, 1.54) is 19.3 Å². The minimum absolute atomic E-state index is 0.0708. The van der Waals surface area contributed by atoms with Gasteiger partial charge >= 0.3 is 0 Å². The van der Waals surface area contributed by atoms with Gasteiger partial charge in [-0.15, -0.1) is 0 Å². The molecule has 0 spiro atoms. The first-order chi connectivity index (χ1) is 10.1. The highest BCUT2D eigenvalue weighted by Gasteiger charge is 2.36. The highest BCUT2D eigenvalue weighted by molar-refractivity contribution is 9.10. The van der Waals surface area contributed by atoms with Crippen molar-refractivity contribution in [2.45, 2.75) is 57.2 Å². The van der Waals surface area contributed by atoms with Crippen LogP contribution < -0.4 is 5.32 Å². The van der Waals surface area contributed by atoms with Crippen molar-refractivity contribution in [2.24, 2.45) is 0 Å². The molecule has 3 rings (SSSR count). The fourth-order valence-corrected chi connectivity index (χ4v) is 4.22. The van der Waals surface area contributed by atoms with Gasteiger partial charge in [0.25, 0.3) is 5.91 Å². The van der Waals surface area contributed by atoms with Crippen LogP contribution in [0.3, 0.4) is 0 Å². The second-order valence-electron chi connectivity index (χ2n) is 6.46. The van der Waals surface area contributed by atoms with Crippen LogP contribution in [0.15, 0.2) is 22.7 Å². The van der Waals surface area contributed by atoms with Crippen LogP contribution in [0.1, 0.15) is 48.0 Å². The van der Waals surface area contributed by atoms with E-state index in [2.05, 4.69) is 33.2 Å². The zero-order valence-corrected chi connectivity index (χ0v) is 14.3. The number of piperidine rings is 2. The van der Waals surface area contributed by atoms with Crippen molar-refractivity contribution >= 4 is 21.8 Å². The van der Waals surface area contributed by atoms with Gasteiger partial charge in [0.1, 0.15) is 0 Å². The normalized spacial score (nSPS) is 29.2. The van der Waals surface area contributed by atoms with E-state index < -0.39 is 0 Å². The zero-order valence-electron chi connectivity index (χ0n) is 12.7. The summed E-state index contributed by atoms with van der Waals surface area (Å²) in [6.07, 6.45) is 6.06. The molecule has 4 heteroatoms. The van der Waals surface area contributed by atoms with Gasteiger partial charge in [0.2, 0.25) is 0 Å². The largest absolute Gasteiger partial charge is 0.349 e. The highest BCUT2D eigenvalue weighted by atomic mass is 79.9. The predicted octanol–water partition coefficient (Wildman–Crippen LogP) is 3.50. The molecule has 1 aromatic carbocycles. The van der Waals surface area contributed by atoms with Crippen LogP contribution in [-0.2, 0) is 0 Å². The van der Waals surface area contributed by atoms with Crippen LogP contribution in [0, 0.1) is 6.92 Å². The molecular formula is C17H23BrN2O. The Bertz CT molecular complexity index is 532. The fourth-order valence-electron chi connectivity index (χ4n) is 3.85. The SMILES string of the molecule is Cc1c(Br)cccc1C(=O)NC1CC2CCCC(C1)N2C. The number of amides is 1. The van der Waals surface area contributed by atoms with Crippen LogP contribution in [0.2, 0.25) is 0 Å². The maximum atomic E-state index is 12.5. The van der Waals surface area contributed by atoms with Gasteiger partial charge in [-0.25, -0.2) is 0 Å². The van der Waals surface area contributed by atoms with Crippen LogP contribution in [0.4, 0.5) is 0 Å². The van der Waals surface area contributed by atoms with Crippen molar-refractivity contribution in [3.8, 4) is 0 Å². The summed E-state index contributed by atoms with van der Waals surface area (Å²) in [5, 5.41) is 3.27. The maximum absolute atomic E-state index is 12.5. The molecule has 0 aromatic heterocycles. The fraction of sp³-hybridized carbons (Fsp3) is 0.588. The molecule has 2 unspecified atom stereocenters. The summed E-state index contributed by atoms with van der Waals surface area (Å²) in [6.45, 7) is 1.99. The number of hydrogen-bond acceptors (Lipinski definition) is 2. The summed E-state index contributed by atoms with van der Waals surface area (Å²) in [5.41, 5.74) is 1.80. The van der Waals surface area contributed by atoms with Gasteiger partial charge in [0, 0.05) is 28.2 Å². The first-order valence-corrected chi connectivity index (χ1v) is 8.63. The van der Waals surface area contributed by atoms with Crippen molar-refractivity contribution in [1.29, 1.82) is 0 Å². The van der Waals surface area contributed by atoms with E-state index in [9.17, 15) is 4.79 Å². The molecule has 1 amide bonds. The Morgan fingerprint density at radius 1 is 1.29 bits per heavy atom. The van der Waals surface area contributed by atoms with E-state index in [0.717, 1.165) is 28.4 Å². The zero-order chi connectivity index (χ0) is 15.0. The molecule has 2 atom stereocenters. The van der Waals surface area contributed by atoms with Gasteiger partial charge in [-0.1, -0.05) is 28.4 Å². The van der Waals surface area contributed by atoms with E-state index in [1.54, 1.807) is 0 Å². The number of rotatable bonds is 2. The maximum Gasteiger partial charge on any atom is 0.251 e. The molecule has 3 nitrogen and oxygen atoms in total. The van der Waals surface area contributed by atoms with E-state index in [1.807, 2.05) is 25.1 Å². The summed E-state index contributed by atoms with van der Waals surface area (Å²) in [7, 11) is 2.24. The topological polar surface area (TPSA) is 32.3 Å². The molecule has 1 aromatic rings. The third-order valence-electron chi connectivity index (χ3n) is 5.19. The molecule has 1 N–H and O–H groups in total. The molecule has 114 valence electrons. The Labute approximate surface area is 135 Å². The lowest BCUT2D eigenvalue weighted by Gasteiger charge is -2.47. The van der Waals surface area contributed by atoms with Gasteiger partial charge in [0.05, 0.1) is 0 Å². The van der Waals surface area contributed by atoms with E-state index in [4.69, 9.17) is 0 Å². The van der Waals surface area contributed by atoms with Gasteiger partial charge in [0.15, 0.2) is 0 Å². The minimum atomic E-state index is 0.0708. The van der Waals surface area contributed by atoms with Crippen molar-refractivity contribution in [2.75, 3.05) is 7.05 Å². The van der Waals surface area contributed by atoms with E-state index in [-0.39, 0.29) is 5.91 Å². The molecule has 2 heterocycles. The van der Waals surface area contributed by atoms with Crippen LogP contribution in [0.5, 0.6) is 0 Å². The summed E-state index contributed by atoms with van der Waals surface area (Å²) in [6, 6.07) is 7.42. The Hall–Kier alpha value is -0.870. The summed E-state index contributed by atoms with van der Waals surface area (Å²) in [5.74, 6) is 0.0708. The molecule has 2 fully saturated rings. The van der Waals surface area contributed by atoms with Crippen molar-refractivity contribution in [3.05, 3.63) is 33.8 Å². The molecule has 0 aliphatic carbocycles. The second-order valence-corrected chi connectivity index (χ2v) is 7.31. The van der Waals surface area contributed by atoms with Crippen LogP contribution in [0.25, 0.3) is 0 Å². The van der Waals surface area contributed by atoms with Gasteiger partial charge in [-0.05, 0) is 57.4 Å². The number of halogens is 1. The Balaban J connectivity index is 1.69. The van der Waals surface area contributed by atoms with Gasteiger partial charge in [-0.2, -0.15) is 0 Å². The lowest BCUT2D eigenvalue weighted by molar-refractivity contribution is 0.0463. The highest BCUT2D eigenvalue weighted by Crippen LogP contribution is 2.32. The molecule has 2 bridgehead atoms. The number of fused-ring (bicyclic) bond motifs is 2. The third kappa shape index (κ3) is 3.02. The molecule has 21 heavy (non-hydrogen) atoms. The first-order valence-electron chi connectivity index (χ1n) is 7.84. The van der Waals surface area contributed by atoms with E-state index in [0.29, 0.717) is 18.1 Å². The first kappa shape index (κ1) is 15.0. The minimum Gasteiger partial charge on any atom is -0.349 e. The average molecular weight is 351 g/mol. The molecule has 2 aliphatic heterocycles. The van der Waals surface area contributed by atoms with Crippen LogP contribution >= 0.6 is 15.9 Å². The summed E-state index contributed by atoms with van der Waals surface area (Å²) in [4.78, 5) is 15.1. The number of carbonyl (C=O) groups excluding carboxylic acids is 1. The average Bonchev–Trinajstić information content (AvgIpc) is 2.43. The lowest BCUT2D eigenvalue weighted by Crippen LogP contribution is -2.55. The van der Waals surface area contributed by atoms with Crippen molar-refractivity contribution < 1.29 is 4.79 Å². The van der Waals surface area contributed by atoms with Crippen molar-refractivity contribution in [1.82, 2.24) is 10.2 Å². The molecule has 2 aliphatic rings. The monoisotopic (exact) mass is 350 g/mol. The third-order valence-corrected chi connectivity index (χ3v) is 6.05. The van der Waals surface area contributed by atoms with Gasteiger partial charge < -0.3 is 10.2 Å².